The minimum atomic E-state index is 0.737. The Morgan fingerprint density at radius 2 is 1.57 bits per heavy atom. The van der Waals surface area contributed by atoms with Gasteiger partial charge in [0, 0.05) is 43.6 Å². The number of nitrogen functional groups attached to an aromatic ring is 1. The van der Waals surface area contributed by atoms with Crippen molar-refractivity contribution < 1.29 is 4.74 Å². The monoisotopic (exact) mass is 289 g/mol. The van der Waals surface area contributed by atoms with Gasteiger partial charge in [0.05, 0.1) is 13.2 Å². The van der Waals surface area contributed by atoms with Crippen LogP contribution in [0, 0.1) is 13.8 Å². The van der Waals surface area contributed by atoms with Crippen LogP contribution >= 0.6 is 0 Å². The molecule has 1 aromatic rings. The zero-order valence-corrected chi connectivity index (χ0v) is 13.3. The zero-order chi connectivity index (χ0) is 14.8. The molecule has 0 radical (unpaired) electrons. The lowest BCUT2D eigenvalue weighted by Crippen LogP contribution is -2.49. The lowest BCUT2D eigenvalue weighted by Gasteiger charge is -2.41. The van der Waals surface area contributed by atoms with Gasteiger partial charge in [0.1, 0.15) is 0 Å². The van der Waals surface area contributed by atoms with Crippen LogP contribution in [-0.4, -0.2) is 50.3 Å². The van der Waals surface area contributed by atoms with Crippen LogP contribution in [0.2, 0.25) is 0 Å². The van der Waals surface area contributed by atoms with Gasteiger partial charge in [-0.2, -0.15) is 0 Å². The second kappa shape index (κ2) is 6.24. The van der Waals surface area contributed by atoms with Gasteiger partial charge in [-0.15, -0.1) is 0 Å². The van der Waals surface area contributed by atoms with Crippen molar-refractivity contribution in [2.24, 2.45) is 0 Å². The quantitative estimate of drug-likeness (QED) is 0.848. The van der Waals surface area contributed by atoms with E-state index in [1.165, 1.54) is 29.7 Å². The molecule has 2 N–H and O–H groups in total. The molecule has 2 aliphatic rings. The van der Waals surface area contributed by atoms with Crippen LogP contribution in [0.4, 0.5) is 11.4 Å². The highest BCUT2D eigenvalue weighted by molar-refractivity contribution is 5.62. The largest absolute Gasteiger partial charge is 0.398 e. The number of piperidine rings is 1. The van der Waals surface area contributed by atoms with Crippen LogP contribution in [0.15, 0.2) is 12.1 Å². The maximum Gasteiger partial charge on any atom is 0.0594 e. The van der Waals surface area contributed by atoms with Gasteiger partial charge in [-0.05, 0) is 49.9 Å². The van der Waals surface area contributed by atoms with Gasteiger partial charge in [0.2, 0.25) is 0 Å². The van der Waals surface area contributed by atoms with Gasteiger partial charge >= 0.3 is 0 Å². The highest BCUT2D eigenvalue weighted by atomic mass is 16.5. The Bertz CT molecular complexity index is 466. The molecule has 21 heavy (non-hydrogen) atoms. The first-order chi connectivity index (χ1) is 10.1. The summed E-state index contributed by atoms with van der Waals surface area (Å²) in [6.45, 7) is 10.5. The third kappa shape index (κ3) is 3.16. The summed E-state index contributed by atoms with van der Waals surface area (Å²) < 4.78 is 5.45. The Morgan fingerprint density at radius 3 is 2.14 bits per heavy atom. The standard InChI is InChI=1S/C17H27N3O/c1-13-11-16(12-14(2)17(13)18)19-5-3-15(4-6-19)20-7-9-21-10-8-20/h11-12,15H,3-10,18H2,1-2H3. The number of ether oxygens (including phenoxy) is 1. The summed E-state index contributed by atoms with van der Waals surface area (Å²) in [7, 11) is 0. The molecule has 0 amide bonds. The smallest absolute Gasteiger partial charge is 0.0594 e. The summed E-state index contributed by atoms with van der Waals surface area (Å²) in [5.41, 5.74) is 10.7. The van der Waals surface area contributed by atoms with Gasteiger partial charge in [0.25, 0.3) is 0 Å². The topological polar surface area (TPSA) is 41.7 Å². The number of hydrogen-bond donors (Lipinski definition) is 1. The lowest BCUT2D eigenvalue weighted by atomic mass is 10.0. The van der Waals surface area contributed by atoms with Crippen LogP contribution < -0.4 is 10.6 Å². The van der Waals surface area contributed by atoms with Crippen molar-refractivity contribution in [1.82, 2.24) is 4.90 Å². The number of nitrogens with two attached hydrogens (primary N) is 1. The fourth-order valence-electron chi connectivity index (χ4n) is 3.57. The molecule has 4 heteroatoms. The van der Waals surface area contributed by atoms with Gasteiger partial charge < -0.3 is 15.4 Å². The summed E-state index contributed by atoms with van der Waals surface area (Å²) in [5.74, 6) is 0. The number of morpholine rings is 1. The summed E-state index contributed by atoms with van der Waals surface area (Å²) in [5, 5.41) is 0. The molecular weight excluding hydrogens is 262 g/mol. The van der Waals surface area contributed by atoms with Crippen molar-refractivity contribution in [1.29, 1.82) is 0 Å². The second-order valence-electron chi connectivity index (χ2n) is 6.36. The van der Waals surface area contributed by atoms with E-state index in [2.05, 4.69) is 35.8 Å². The number of anilines is 2. The Hall–Kier alpha value is -1.26. The minimum Gasteiger partial charge on any atom is -0.398 e. The van der Waals surface area contributed by atoms with E-state index in [1.54, 1.807) is 0 Å². The summed E-state index contributed by atoms with van der Waals surface area (Å²) >= 11 is 0. The van der Waals surface area contributed by atoms with Gasteiger partial charge in [-0.1, -0.05) is 0 Å². The molecule has 2 aliphatic heterocycles. The number of aryl methyl sites for hydroxylation is 2. The first-order valence-electron chi connectivity index (χ1n) is 8.08. The van der Waals surface area contributed by atoms with Crippen molar-refractivity contribution in [2.75, 3.05) is 50.0 Å². The molecule has 2 saturated heterocycles. The molecule has 0 atom stereocenters. The van der Waals surface area contributed by atoms with E-state index in [4.69, 9.17) is 10.5 Å². The van der Waals surface area contributed by atoms with Crippen LogP contribution in [0.1, 0.15) is 24.0 Å². The average Bonchev–Trinajstić information content (AvgIpc) is 2.53. The fraction of sp³-hybridized carbons (Fsp3) is 0.647. The molecule has 3 rings (SSSR count). The van der Waals surface area contributed by atoms with Crippen molar-refractivity contribution in [3.63, 3.8) is 0 Å². The van der Waals surface area contributed by atoms with E-state index >= 15 is 0 Å². The van der Waals surface area contributed by atoms with Crippen molar-refractivity contribution in [2.45, 2.75) is 32.7 Å². The Morgan fingerprint density at radius 1 is 1.00 bits per heavy atom. The van der Waals surface area contributed by atoms with Crippen molar-refractivity contribution >= 4 is 11.4 Å². The van der Waals surface area contributed by atoms with Gasteiger partial charge in [-0.25, -0.2) is 0 Å². The van der Waals surface area contributed by atoms with Crippen molar-refractivity contribution in [3.05, 3.63) is 23.3 Å². The first kappa shape index (κ1) is 14.7. The molecular formula is C17H27N3O. The molecule has 0 aromatic heterocycles. The van der Waals surface area contributed by atoms with E-state index < -0.39 is 0 Å². The SMILES string of the molecule is Cc1cc(N2CCC(N3CCOCC3)CC2)cc(C)c1N. The summed E-state index contributed by atoms with van der Waals surface area (Å²) in [6, 6.07) is 5.20. The number of benzene rings is 1. The van der Waals surface area contributed by atoms with Gasteiger partial charge in [-0.3, -0.25) is 4.90 Å². The molecule has 1 aromatic carbocycles. The molecule has 116 valence electrons. The summed E-state index contributed by atoms with van der Waals surface area (Å²) in [4.78, 5) is 5.12. The molecule has 0 bridgehead atoms. The third-order valence-corrected chi connectivity index (χ3v) is 4.97. The van der Waals surface area contributed by atoms with E-state index in [1.807, 2.05) is 0 Å². The highest BCUT2D eigenvalue weighted by Gasteiger charge is 2.26. The Labute approximate surface area is 127 Å². The van der Waals surface area contributed by atoms with E-state index in [9.17, 15) is 0 Å². The van der Waals surface area contributed by atoms with E-state index in [0.29, 0.717) is 0 Å². The predicted molar refractivity (Wildman–Crippen MR) is 88.0 cm³/mol. The maximum absolute atomic E-state index is 6.06. The number of hydrogen-bond acceptors (Lipinski definition) is 4. The Kier molecular flexibility index (Phi) is 4.36. The molecule has 4 nitrogen and oxygen atoms in total. The highest BCUT2D eigenvalue weighted by Crippen LogP contribution is 2.28. The van der Waals surface area contributed by atoms with Crippen LogP contribution in [-0.2, 0) is 4.74 Å². The molecule has 2 fully saturated rings. The molecule has 0 saturated carbocycles. The van der Waals surface area contributed by atoms with E-state index in [0.717, 1.165) is 51.1 Å². The van der Waals surface area contributed by atoms with Gasteiger partial charge in [0.15, 0.2) is 0 Å². The third-order valence-electron chi connectivity index (χ3n) is 4.97. The first-order valence-corrected chi connectivity index (χ1v) is 8.08. The average molecular weight is 289 g/mol. The molecule has 0 spiro atoms. The summed E-state index contributed by atoms with van der Waals surface area (Å²) in [6.07, 6.45) is 2.50. The van der Waals surface area contributed by atoms with Crippen molar-refractivity contribution in [3.8, 4) is 0 Å². The van der Waals surface area contributed by atoms with E-state index in [-0.39, 0.29) is 0 Å². The second-order valence-corrected chi connectivity index (χ2v) is 6.36. The predicted octanol–water partition coefficient (Wildman–Crippen LogP) is 2.19. The zero-order valence-electron chi connectivity index (χ0n) is 13.3. The van der Waals surface area contributed by atoms with Crippen LogP contribution in [0.5, 0.6) is 0 Å². The van der Waals surface area contributed by atoms with Crippen LogP contribution in [0.3, 0.4) is 0 Å². The van der Waals surface area contributed by atoms with Crippen LogP contribution in [0.25, 0.3) is 0 Å². The molecule has 2 heterocycles. The molecule has 0 aliphatic carbocycles. The number of rotatable bonds is 2. The maximum atomic E-state index is 6.06. The molecule has 0 unspecified atom stereocenters. The fourth-order valence-corrected chi connectivity index (χ4v) is 3.57. The minimum absolute atomic E-state index is 0.737. The lowest BCUT2D eigenvalue weighted by molar-refractivity contribution is 0.0115. The number of nitrogens with zero attached hydrogens (tertiary/aromatic N) is 2. The normalized spacial score (nSPS) is 21.7. The Balaban J connectivity index is 1.63.